The Hall–Kier alpha value is -1.55. The topological polar surface area (TPSA) is 45.8 Å². The van der Waals surface area contributed by atoms with Crippen molar-refractivity contribution in [3.63, 3.8) is 0 Å². The maximum Gasteiger partial charge on any atom is 0.251 e. The number of rotatable bonds is 4. The van der Waals surface area contributed by atoms with Gasteiger partial charge in [0.2, 0.25) is 0 Å². The second-order valence-electron chi connectivity index (χ2n) is 4.83. The third-order valence-corrected chi connectivity index (χ3v) is 4.05. The first-order valence-corrected chi connectivity index (χ1v) is 7.33. The van der Waals surface area contributed by atoms with Crippen molar-refractivity contribution < 1.29 is 0 Å². The number of thioether (sulfide) groups is 1. The first kappa shape index (κ1) is 13.9. The van der Waals surface area contributed by atoms with E-state index in [-0.39, 0.29) is 11.5 Å². The van der Waals surface area contributed by atoms with Crippen molar-refractivity contribution in [2.45, 2.75) is 37.3 Å². The molecule has 1 aromatic heterocycles. The van der Waals surface area contributed by atoms with Crippen LogP contribution in [-0.2, 0) is 5.75 Å². The molecule has 1 aromatic carbocycles. The highest BCUT2D eigenvalue weighted by Gasteiger charge is 2.06. The molecule has 19 heavy (non-hydrogen) atoms. The molecule has 0 aliphatic carbocycles. The minimum Gasteiger partial charge on any atom is -0.310 e. The number of aryl methyl sites for hydroxylation is 1. The summed E-state index contributed by atoms with van der Waals surface area (Å²) in [5.41, 5.74) is 2.03. The van der Waals surface area contributed by atoms with Crippen LogP contribution in [0.5, 0.6) is 0 Å². The highest BCUT2D eigenvalue weighted by Crippen LogP contribution is 2.24. The van der Waals surface area contributed by atoms with Crippen molar-refractivity contribution in [3.8, 4) is 0 Å². The monoisotopic (exact) mass is 274 g/mol. The van der Waals surface area contributed by atoms with Gasteiger partial charge in [-0.25, -0.2) is 4.98 Å². The molecular formula is C15H18N2OS. The summed E-state index contributed by atoms with van der Waals surface area (Å²) in [5, 5.41) is 0. The van der Waals surface area contributed by atoms with Crippen LogP contribution in [0.4, 0.5) is 0 Å². The molecule has 0 spiro atoms. The van der Waals surface area contributed by atoms with Crippen LogP contribution in [-0.4, -0.2) is 9.97 Å². The Balaban J connectivity index is 2.16. The fourth-order valence-electron chi connectivity index (χ4n) is 1.76. The third kappa shape index (κ3) is 3.70. The standard InChI is InChI=1S/C15H18N2OS/c1-10(2)12-8-15(18)17-14(16-12)9-19-13-7-5-4-6-11(13)3/h4-8,10H,9H2,1-3H3,(H,16,17,18). The SMILES string of the molecule is Cc1ccccc1SCc1nc(C(C)C)cc(=O)[nH]1. The number of nitrogens with one attached hydrogen (secondary N) is 1. The predicted molar refractivity (Wildman–Crippen MR) is 79.7 cm³/mol. The largest absolute Gasteiger partial charge is 0.310 e. The van der Waals surface area contributed by atoms with E-state index < -0.39 is 0 Å². The van der Waals surface area contributed by atoms with Crippen molar-refractivity contribution in [2.24, 2.45) is 0 Å². The second kappa shape index (κ2) is 6.06. The average molecular weight is 274 g/mol. The van der Waals surface area contributed by atoms with Crippen LogP contribution >= 0.6 is 11.8 Å². The van der Waals surface area contributed by atoms with E-state index in [1.165, 1.54) is 10.5 Å². The van der Waals surface area contributed by atoms with Gasteiger partial charge in [0.25, 0.3) is 5.56 Å². The van der Waals surface area contributed by atoms with Crippen LogP contribution < -0.4 is 5.56 Å². The molecule has 100 valence electrons. The maximum absolute atomic E-state index is 11.6. The zero-order valence-corrected chi connectivity index (χ0v) is 12.3. The zero-order chi connectivity index (χ0) is 13.8. The van der Waals surface area contributed by atoms with Crippen molar-refractivity contribution in [1.29, 1.82) is 0 Å². The normalized spacial score (nSPS) is 10.9. The van der Waals surface area contributed by atoms with Crippen LogP contribution in [0.2, 0.25) is 0 Å². The lowest BCUT2D eigenvalue weighted by Crippen LogP contribution is -2.12. The summed E-state index contributed by atoms with van der Waals surface area (Å²) in [4.78, 5) is 20.1. The van der Waals surface area contributed by atoms with E-state index in [9.17, 15) is 4.79 Å². The zero-order valence-electron chi connectivity index (χ0n) is 11.4. The summed E-state index contributed by atoms with van der Waals surface area (Å²) in [6.45, 7) is 6.17. The quantitative estimate of drug-likeness (QED) is 0.868. The summed E-state index contributed by atoms with van der Waals surface area (Å²) in [5.74, 6) is 1.69. The van der Waals surface area contributed by atoms with Crippen molar-refractivity contribution >= 4 is 11.8 Å². The van der Waals surface area contributed by atoms with E-state index >= 15 is 0 Å². The Morgan fingerprint density at radius 1 is 1.32 bits per heavy atom. The van der Waals surface area contributed by atoms with E-state index in [4.69, 9.17) is 0 Å². The second-order valence-corrected chi connectivity index (χ2v) is 5.84. The van der Waals surface area contributed by atoms with Crippen molar-refractivity contribution in [1.82, 2.24) is 9.97 Å². The number of aromatic nitrogens is 2. The molecule has 0 aliphatic rings. The molecule has 2 rings (SSSR count). The van der Waals surface area contributed by atoms with Gasteiger partial charge in [-0.3, -0.25) is 4.79 Å². The van der Waals surface area contributed by atoms with E-state index in [0.717, 1.165) is 11.5 Å². The number of nitrogens with zero attached hydrogens (tertiary/aromatic N) is 1. The first-order chi connectivity index (χ1) is 9.06. The van der Waals surface area contributed by atoms with E-state index in [1.54, 1.807) is 17.8 Å². The number of hydrogen-bond acceptors (Lipinski definition) is 3. The van der Waals surface area contributed by atoms with Crippen LogP contribution in [0.3, 0.4) is 0 Å². The number of hydrogen-bond donors (Lipinski definition) is 1. The molecule has 0 saturated carbocycles. The lowest BCUT2D eigenvalue weighted by Gasteiger charge is -2.08. The van der Waals surface area contributed by atoms with Crippen LogP contribution in [0.1, 0.15) is 36.8 Å². The van der Waals surface area contributed by atoms with Crippen LogP contribution in [0.15, 0.2) is 40.0 Å². The molecule has 0 bridgehead atoms. The van der Waals surface area contributed by atoms with Crippen molar-refractivity contribution in [2.75, 3.05) is 0 Å². The van der Waals surface area contributed by atoms with Gasteiger partial charge in [-0.05, 0) is 24.5 Å². The molecule has 1 N–H and O–H groups in total. The Labute approximate surface area is 117 Å². The minimum absolute atomic E-state index is 0.0703. The van der Waals surface area contributed by atoms with E-state index in [1.807, 2.05) is 26.0 Å². The van der Waals surface area contributed by atoms with Gasteiger partial charge in [0, 0.05) is 11.0 Å². The van der Waals surface area contributed by atoms with E-state index in [0.29, 0.717) is 5.75 Å². The fraction of sp³-hybridized carbons (Fsp3) is 0.333. The number of benzene rings is 1. The van der Waals surface area contributed by atoms with Gasteiger partial charge in [0.05, 0.1) is 11.4 Å². The molecule has 4 heteroatoms. The highest BCUT2D eigenvalue weighted by atomic mass is 32.2. The van der Waals surface area contributed by atoms with Gasteiger partial charge < -0.3 is 4.98 Å². The molecule has 3 nitrogen and oxygen atoms in total. The summed E-state index contributed by atoms with van der Waals surface area (Å²) in [7, 11) is 0. The minimum atomic E-state index is -0.0703. The molecular weight excluding hydrogens is 256 g/mol. The molecule has 0 amide bonds. The number of aromatic amines is 1. The van der Waals surface area contributed by atoms with Gasteiger partial charge in [-0.1, -0.05) is 32.0 Å². The summed E-state index contributed by atoms with van der Waals surface area (Å²) >= 11 is 1.70. The molecule has 2 aromatic rings. The first-order valence-electron chi connectivity index (χ1n) is 6.35. The summed E-state index contributed by atoms with van der Waals surface area (Å²) in [6, 6.07) is 9.80. The maximum atomic E-state index is 11.6. The van der Waals surface area contributed by atoms with Gasteiger partial charge in [-0.2, -0.15) is 0 Å². The lowest BCUT2D eigenvalue weighted by molar-refractivity contribution is 0.792. The molecule has 0 aliphatic heterocycles. The Morgan fingerprint density at radius 2 is 2.05 bits per heavy atom. The molecule has 0 radical (unpaired) electrons. The lowest BCUT2D eigenvalue weighted by atomic mass is 10.1. The average Bonchev–Trinajstić information content (AvgIpc) is 2.37. The summed E-state index contributed by atoms with van der Waals surface area (Å²) < 4.78 is 0. The van der Waals surface area contributed by atoms with Gasteiger partial charge >= 0.3 is 0 Å². The van der Waals surface area contributed by atoms with Crippen LogP contribution in [0.25, 0.3) is 0 Å². The predicted octanol–water partition coefficient (Wildman–Crippen LogP) is 3.49. The highest BCUT2D eigenvalue weighted by molar-refractivity contribution is 7.98. The number of H-pyrrole nitrogens is 1. The van der Waals surface area contributed by atoms with E-state index in [2.05, 4.69) is 29.0 Å². The Morgan fingerprint density at radius 3 is 2.74 bits per heavy atom. The fourth-order valence-corrected chi connectivity index (χ4v) is 2.66. The smallest absolute Gasteiger partial charge is 0.251 e. The molecule has 0 atom stereocenters. The Kier molecular flexibility index (Phi) is 4.43. The van der Waals surface area contributed by atoms with Crippen molar-refractivity contribution in [3.05, 3.63) is 57.8 Å². The van der Waals surface area contributed by atoms with Crippen LogP contribution in [0, 0.1) is 6.92 Å². The molecule has 0 unspecified atom stereocenters. The van der Waals surface area contributed by atoms with Gasteiger partial charge in [-0.15, -0.1) is 11.8 Å². The Bertz CT molecular complexity index is 620. The third-order valence-electron chi connectivity index (χ3n) is 2.86. The summed E-state index contributed by atoms with van der Waals surface area (Å²) in [6.07, 6.45) is 0. The van der Waals surface area contributed by atoms with Gasteiger partial charge in [0.1, 0.15) is 5.82 Å². The van der Waals surface area contributed by atoms with Gasteiger partial charge in [0.15, 0.2) is 0 Å². The molecule has 0 saturated heterocycles. The molecule has 0 fully saturated rings. The molecule has 1 heterocycles.